The predicted molar refractivity (Wildman–Crippen MR) is 408 cm³/mol. The van der Waals surface area contributed by atoms with Gasteiger partial charge >= 0.3 is 0 Å². The van der Waals surface area contributed by atoms with Crippen LogP contribution in [0, 0.1) is 0 Å². The normalized spacial score (nSPS) is 13.8. The Kier molecular flexibility index (Phi) is 11.1. The van der Waals surface area contributed by atoms with Gasteiger partial charge in [0.15, 0.2) is 0 Å². The van der Waals surface area contributed by atoms with Crippen molar-refractivity contribution in [2.75, 3.05) is 0 Å². The SMILES string of the molecule is CC1(C)c2cc(-c3ccc4oc5ccccc5c4c3)ccc2-c2ccc(-n3c4ccccc4c4c5sc6ccccc6c5ccc43)cc21.CC1(C)c2cc(-c3cccc4c3oc3ccccc34)ccc2-c2ccc(-n3c4ccccc4c4c5sc6ccccc6c5ccc43)cc21. The highest BCUT2D eigenvalue weighted by Crippen LogP contribution is 2.54. The van der Waals surface area contributed by atoms with Crippen LogP contribution in [0.25, 0.3) is 184 Å². The van der Waals surface area contributed by atoms with Crippen LogP contribution in [0.5, 0.6) is 0 Å². The molecule has 0 unspecified atom stereocenters. The second-order valence-electron chi connectivity index (χ2n) is 27.4. The Labute approximate surface area is 560 Å². The van der Waals surface area contributed by atoms with Crippen LogP contribution in [-0.2, 0) is 10.8 Å². The first-order valence-corrected chi connectivity index (χ1v) is 34.8. The zero-order chi connectivity index (χ0) is 63.4. The lowest BCUT2D eigenvalue weighted by Gasteiger charge is -2.23. The molecule has 0 saturated heterocycles. The van der Waals surface area contributed by atoms with Crippen LogP contribution >= 0.6 is 22.7 Å². The van der Waals surface area contributed by atoms with Crippen molar-refractivity contribution < 1.29 is 8.83 Å². The maximum Gasteiger partial charge on any atom is 0.143 e. The summed E-state index contributed by atoms with van der Waals surface area (Å²) in [5, 5.41) is 15.3. The first-order chi connectivity index (χ1) is 47.1. The van der Waals surface area contributed by atoms with E-state index >= 15 is 0 Å². The predicted octanol–water partition coefficient (Wildman–Crippen LogP) is 26.0. The number of nitrogens with zero attached hydrogens (tertiary/aromatic N) is 2. The molecule has 20 aromatic rings. The molecule has 2 aliphatic rings. The number of fused-ring (bicyclic) bond motifs is 26. The van der Waals surface area contributed by atoms with E-state index in [-0.39, 0.29) is 10.8 Å². The van der Waals surface area contributed by atoms with E-state index in [1.807, 2.05) is 40.9 Å². The van der Waals surface area contributed by atoms with Crippen LogP contribution in [-0.4, -0.2) is 9.13 Å². The van der Waals surface area contributed by atoms with Gasteiger partial charge in [0.2, 0.25) is 0 Å². The Morgan fingerprint density at radius 2 is 0.688 bits per heavy atom. The van der Waals surface area contributed by atoms with Crippen molar-refractivity contribution in [3.63, 3.8) is 0 Å². The Morgan fingerprint density at radius 3 is 1.26 bits per heavy atom. The topological polar surface area (TPSA) is 36.1 Å². The van der Waals surface area contributed by atoms with Crippen LogP contribution in [0.1, 0.15) is 49.9 Å². The van der Waals surface area contributed by atoms with Gasteiger partial charge in [0, 0.05) is 111 Å². The number of hydrogen-bond donors (Lipinski definition) is 0. The van der Waals surface area contributed by atoms with Crippen LogP contribution in [0.2, 0.25) is 0 Å². The molecule has 0 fully saturated rings. The molecule has 0 saturated carbocycles. The largest absolute Gasteiger partial charge is 0.456 e. The first kappa shape index (κ1) is 54.1. The van der Waals surface area contributed by atoms with Crippen LogP contribution in [0.15, 0.2) is 288 Å². The second kappa shape index (κ2) is 19.7. The number of furan rings is 2. The van der Waals surface area contributed by atoms with E-state index in [0.29, 0.717) is 0 Å². The van der Waals surface area contributed by atoms with Crippen molar-refractivity contribution in [3.05, 3.63) is 301 Å². The summed E-state index contributed by atoms with van der Waals surface area (Å²) in [7, 11) is 0. The zero-order valence-electron chi connectivity index (χ0n) is 53.1. The summed E-state index contributed by atoms with van der Waals surface area (Å²) in [4.78, 5) is 0. The fourth-order valence-electron chi connectivity index (χ4n) is 17.0. The number of benzene rings is 14. The van der Waals surface area contributed by atoms with Gasteiger partial charge in [0.05, 0.1) is 22.1 Å². The average Bonchev–Trinajstić information content (AvgIpc) is 1.57. The summed E-state index contributed by atoms with van der Waals surface area (Å²) in [6.45, 7) is 9.51. The van der Waals surface area contributed by atoms with E-state index in [9.17, 15) is 0 Å². The molecule has 0 amide bonds. The standard InChI is InChI=1S/2C45H29NOS/c1-45(2)36-24-26(28-13-9-14-33-31-10-4-7-16-40(31)47-43(28)33)18-20-29(36)30-21-19-27(25-37(30)45)46-38-15-6-3-12-35(38)42-39(46)23-22-34-32-11-5-8-17-41(32)48-44(34)42;1-45(2)36-24-27(26-16-22-41-35(23-26)31-9-4-7-13-40(31)47-41)15-18-29(36)30-19-17-28(25-37(30)45)46-38-12-6-3-11-34(38)43-39(46)21-20-33-32-10-5-8-14-42(32)48-44(33)43/h2*3-25H,1-2H3. The molecule has 0 atom stereocenters. The zero-order valence-corrected chi connectivity index (χ0v) is 54.7. The molecule has 6 aromatic heterocycles. The molecule has 96 heavy (non-hydrogen) atoms. The third-order valence-corrected chi connectivity index (χ3v) is 24.0. The molecule has 2 aliphatic carbocycles. The van der Waals surface area contributed by atoms with Gasteiger partial charge in [-0.1, -0.05) is 210 Å². The molecule has 0 spiro atoms. The summed E-state index contributed by atoms with van der Waals surface area (Å²) < 4.78 is 22.9. The van der Waals surface area contributed by atoms with Crippen LogP contribution in [0.3, 0.4) is 0 Å². The highest BCUT2D eigenvalue weighted by Gasteiger charge is 2.38. The van der Waals surface area contributed by atoms with Crippen LogP contribution < -0.4 is 0 Å². The van der Waals surface area contributed by atoms with Gasteiger partial charge in [-0.2, -0.15) is 0 Å². The Balaban J connectivity index is 0.000000127. The van der Waals surface area contributed by atoms with Gasteiger partial charge in [-0.05, 0) is 158 Å². The minimum atomic E-state index is -0.171. The van der Waals surface area contributed by atoms with Gasteiger partial charge in [0.1, 0.15) is 22.3 Å². The van der Waals surface area contributed by atoms with Crippen molar-refractivity contribution >= 4 is 151 Å². The van der Waals surface area contributed by atoms with Crippen molar-refractivity contribution in [1.29, 1.82) is 0 Å². The van der Waals surface area contributed by atoms with Crippen molar-refractivity contribution in [1.82, 2.24) is 9.13 Å². The van der Waals surface area contributed by atoms with E-state index < -0.39 is 0 Å². The van der Waals surface area contributed by atoms with E-state index in [1.54, 1.807) is 0 Å². The van der Waals surface area contributed by atoms with E-state index in [2.05, 4.69) is 298 Å². The van der Waals surface area contributed by atoms with E-state index in [0.717, 1.165) is 49.4 Å². The lowest BCUT2D eigenvalue weighted by Crippen LogP contribution is -2.15. The summed E-state index contributed by atoms with van der Waals surface area (Å²) >= 11 is 3.82. The van der Waals surface area contributed by atoms with Gasteiger partial charge in [-0.25, -0.2) is 0 Å². The maximum absolute atomic E-state index is 6.44. The highest BCUT2D eigenvalue weighted by atomic mass is 32.1. The summed E-state index contributed by atoms with van der Waals surface area (Å²) in [5.41, 5.74) is 26.4. The average molecular weight is 1260 g/mol. The molecule has 0 radical (unpaired) electrons. The molecule has 452 valence electrons. The molecular weight excluding hydrogens is 1210 g/mol. The van der Waals surface area contributed by atoms with Gasteiger partial charge < -0.3 is 18.0 Å². The minimum absolute atomic E-state index is 0.152. The third kappa shape index (κ3) is 7.48. The maximum atomic E-state index is 6.44. The van der Waals surface area contributed by atoms with Crippen molar-refractivity contribution in [3.8, 4) is 55.9 Å². The Bertz CT molecular complexity index is 6780. The van der Waals surface area contributed by atoms with E-state index in [1.165, 1.54) is 157 Å². The van der Waals surface area contributed by atoms with E-state index in [4.69, 9.17) is 8.83 Å². The van der Waals surface area contributed by atoms with Crippen molar-refractivity contribution in [2.45, 2.75) is 38.5 Å². The third-order valence-electron chi connectivity index (χ3n) is 21.6. The van der Waals surface area contributed by atoms with Gasteiger partial charge in [-0.15, -0.1) is 22.7 Å². The monoisotopic (exact) mass is 1260 g/mol. The number of rotatable bonds is 4. The molecule has 6 heterocycles. The molecule has 0 bridgehead atoms. The number of aromatic nitrogens is 2. The van der Waals surface area contributed by atoms with Crippen LogP contribution in [0.4, 0.5) is 0 Å². The molecule has 14 aromatic carbocycles. The fourth-order valence-corrected chi connectivity index (χ4v) is 19.5. The second-order valence-corrected chi connectivity index (χ2v) is 29.5. The summed E-state index contributed by atoms with van der Waals surface area (Å²) in [6, 6.07) is 103. The summed E-state index contributed by atoms with van der Waals surface area (Å²) in [5.74, 6) is 0. The lowest BCUT2D eigenvalue weighted by molar-refractivity contribution is 0.659. The molecule has 4 nitrogen and oxygen atoms in total. The van der Waals surface area contributed by atoms with Crippen molar-refractivity contribution in [2.24, 2.45) is 0 Å². The minimum Gasteiger partial charge on any atom is -0.456 e. The molecule has 6 heteroatoms. The van der Waals surface area contributed by atoms with Gasteiger partial charge in [0.25, 0.3) is 0 Å². The smallest absolute Gasteiger partial charge is 0.143 e. The molecular formula is C90H58N2O2S2. The fraction of sp³-hybridized carbons (Fsp3) is 0.0667. The highest BCUT2D eigenvalue weighted by molar-refractivity contribution is 7.27. The quantitative estimate of drug-likeness (QED) is 0.176. The number of hydrogen-bond acceptors (Lipinski definition) is 4. The number of para-hydroxylation sites is 5. The molecule has 22 rings (SSSR count). The number of thiophene rings is 2. The Morgan fingerprint density at radius 1 is 0.271 bits per heavy atom. The van der Waals surface area contributed by atoms with Gasteiger partial charge in [-0.3, -0.25) is 0 Å². The first-order valence-electron chi connectivity index (χ1n) is 33.2. The Hall–Kier alpha value is -11.3. The lowest BCUT2D eigenvalue weighted by atomic mass is 9.81. The molecule has 0 aliphatic heterocycles. The summed E-state index contributed by atoms with van der Waals surface area (Å²) in [6.07, 6.45) is 0. The molecule has 0 N–H and O–H groups in total.